The summed E-state index contributed by atoms with van der Waals surface area (Å²) in [5, 5.41) is 20.4. The zero-order valence-electron chi connectivity index (χ0n) is 15.4. The van der Waals surface area contributed by atoms with E-state index in [1.807, 2.05) is 60.7 Å². The summed E-state index contributed by atoms with van der Waals surface area (Å²) in [7, 11) is 0. The molecular weight excluding hydrogens is 354 g/mol. The first-order valence-electron chi connectivity index (χ1n) is 9.31. The van der Waals surface area contributed by atoms with Crippen LogP contribution in [0.4, 0.5) is 0 Å². The van der Waals surface area contributed by atoms with Gasteiger partial charge >= 0.3 is 0 Å². The summed E-state index contributed by atoms with van der Waals surface area (Å²) >= 11 is 0. The van der Waals surface area contributed by atoms with E-state index in [0.717, 1.165) is 22.3 Å². The maximum Gasteiger partial charge on any atom is 0.163 e. The number of hydrogen-bond donors (Lipinski definition) is 3. The number of hydrogen-bond acceptors (Lipinski definition) is 5. The molecule has 4 rings (SSSR count). The molecule has 2 atom stereocenters. The fraction of sp³-hybridized carbons (Fsp3) is 0.217. The normalized spacial score (nSPS) is 21.5. The summed E-state index contributed by atoms with van der Waals surface area (Å²) in [5.41, 5.74) is 9.87. The van der Waals surface area contributed by atoms with Crippen molar-refractivity contribution in [3.63, 3.8) is 0 Å². The maximum absolute atomic E-state index is 10.3. The molecule has 0 saturated heterocycles. The molecule has 2 aromatic carbocycles. The molecule has 2 aromatic rings. The van der Waals surface area contributed by atoms with E-state index in [2.05, 4.69) is 0 Å². The Kier molecular flexibility index (Phi) is 5.19. The molecule has 1 aliphatic heterocycles. The Labute approximate surface area is 164 Å². The van der Waals surface area contributed by atoms with Crippen LogP contribution in [0.5, 0.6) is 0 Å². The molecule has 2 unspecified atom stereocenters. The maximum atomic E-state index is 10.3. The second-order valence-electron chi connectivity index (χ2n) is 6.89. The number of nitrogens with two attached hydrogens (primary N) is 1. The van der Waals surface area contributed by atoms with Gasteiger partial charge in [0.2, 0.25) is 0 Å². The van der Waals surface area contributed by atoms with Gasteiger partial charge in [-0.3, -0.25) is 0 Å². The van der Waals surface area contributed by atoms with E-state index < -0.39 is 6.10 Å². The van der Waals surface area contributed by atoms with Crippen molar-refractivity contribution in [3.8, 4) is 0 Å². The standard InChI is InChI=1S/C23H23NO4/c24-13-22-19-9-5-4-8-16(19)10-18(28-22)14-27-21-12-17(11-20(25)23(21)26)15-6-2-1-3-7-15/h1-11,21-22,25-26H,12-14,24H2. The molecule has 28 heavy (non-hydrogen) atoms. The van der Waals surface area contributed by atoms with Gasteiger partial charge in [-0.25, -0.2) is 0 Å². The van der Waals surface area contributed by atoms with Crippen molar-refractivity contribution in [2.75, 3.05) is 13.2 Å². The molecule has 0 radical (unpaired) electrons. The van der Waals surface area contributed by atoms with Gasteiger partial charge < -0.3 is 25.4 Å². The molecule has 0 spiro atoms. The van der Waals surface area contributed by atoms with Crippen molar-refractivity contribution in [2.45, 2.75) is 18.6 Å². The van der Waals surface area contributed by atoms with E-state index in [9.17, 15) is 10.2 Å². The van der Waals surface area contributed by atoms with Crippen LogP contribution < -0.4 is 5.73 Å². The minimum Gasteiger partial charge on any atom is -0.506 e. The lowest BCUT2D eigenvalue weighted by molar-refractivity contribution is 0.0186. The van der Waals surface area contributed by atoms with Gasteiger partial charge in [-0.1, -0.05) is 54.6 Å². The summed E-state index contributed by atoms with van der Waals surface area (Å²) in [6.07, 6.45) is 3.12. The Morgan fingerprint density at radius 3 is 2.54 bits per heavy atom. The van der Waals surface area contributed by atoms with Crippen LogP contribution in [0.2, 0.25) is 0 Å². The number of allylic oxidation sites excluding steroid dienone is 1. The molecule has 0 saturated carbocycles. The summed E-state index contributed by atoms with van der Waals surface area (Å²) in [4.78, 5) is 0. The lowest BCUT2D eigenvalue weighted by atomic mass is 9.94. The summed E-state index contributed by atoms with van der Waals surface area (Å²) in [6, 6.07) is 17.7. The number of benzene rings is 2. The number of rotatable bonds is 5. The number of aliphatic hydroxyl groups excluding tert-OH is 2. The topological polar surface area (TPSA) is 84.9 Å². The lowest BCUT2D eigenvalue weighted by Gasteiger charge is -2.28. The molecule has 1 heterocycles. The van der Waals surface area contributed by atoms with E-state index in [-0.39, 0.29) is 24.2 Å². The largest absolute Gasteiger partial charge is 0.506 e. The fourth-order valence-electron chi connectivity index (χ4n) is 3.57. The smallest absolute Gasteiger partial charge is 0.163 e. The van der Waals surface area contributed by atoms with Crippen molar-refractivity contribution in [1.82, 2.24) is 0 Å². The molecule has 5 heteroatoms. The van der Waals surface area contributed by atoms with Crippen LogP contribution in [0.3, 0.4) is 0 Å². The molecule has 1 aliphatic carbocycles. The van der Waals surface area contributed by atoms with E-state index in [4.69, 9.17) is 15.2 Å². The Morgan fingerprint density at radius 2 is 1.75 bits per heavy atom. The quantitative estimate of drug-likeness (QED) is 0.725. The fourth-order valence-corrected chi connectivity index (χ4v) is 3.57. The lowest BCUT2D eigenvalue weighted by Crippen LogP contribution is -2.25. The van der Waals surface area contributed by atoms with Gasteiger partial charge in [0.25, 0.3) is 0 Å². The van der Waals surface area contributed by atoms with Gasteiger partial charge in [-0.2, -0.15) is 0 Å². The van der Waals surface area contributed by atoms with Gasteiger partial charge in [0, 0.05) is 18.5 Å². The molecule has 2 aliphatic rings. The van der Waals surface area contributed by atoms with Gasteiger partial charge in [0.15, 0.2) is 11.5 Å². The zero-order chi connectivity index (χ0) is 19.5. The summed E-state index contributed by atoms with van der Waals surface area (Å²) in [5.74, 6) is 0.322. The second kappa shape index (κ2) is 7.92. The number of aliphatic hydroxyl groups is 2. The zero-order valence-corrected chi connectivity index (χ0v) is 15.4. The van der Waals surface area contributed by atoms with Crippen LogP contribution in [0.15, 0.2) is 78.0 Å². The highest BCUT2D eigenvalue weighted by Crippen LogP contribution is 2.33. The summed E-state index contributed by atoms with van der Waals surface area (Å²) in [6.45, 7) is 0.541. The van der Waals surface area contributed by atoms with Crippen LogP contribution >= 0.6 is 0 Å². The SMILES string of the molecule is NCC1OC(COC2CC(c3ccccc3)=CC(O)=C2O)=Cc2ccccc21. The van der Waals surface area contributed by atoms with E-state index in [1.165, 1.54) is 0 Å². The predicted molar refractivity (Wildman–Crippen MR) is 108 cm³/mol. The van der Waals surface area contributed by atoms with Crippen molar-refractivity contribution in [1.29, 1.82) is 0 Å². The Morgan fingerprint density at radius 1 is 1.00 bits per heavy atom. The van der Waals surface area contributed by atoms with Gasteiger partial charge in [-0.05, 0) is 28.9 Å². The summed E-state index contributed by atoms with van der Waals surface area (Å²) < 4.78 is 11.9. The van der Waals surface area contributed by atoms with Gasteiger partial charge in [-0.15, -0.1) is 0 Å². The molecule has 144 valence electrons. The Hall–Kier alpha value is -3.02. The van der Waals surface area contributed by atoms with Crippen molar-refractivity contribution >= 4 is 11.6 Å². The third-order valence-corrected chi connectivity index (χ3v) is 5.02. The van der Waals surface area contributed by atoms with Crippen LogP contribution in [0.25, 0.3) is 11.6 Å². The van der Waals surface area contributed by atoms with Crippen LogP contribution in [-0.4, -0.2) is 29.5 Å². The third kappa shape index (κ3) is 3.67. The number of fused-ring (bicyclic) bond motifs is 1. The highest BCUT2D eigenvalue weighted by Gasteiger charge is 2.27. The molecular formula is C23H23NO4. The van der Waals surface area contributed by atoms with Crippen LogP contribution in [-0.2, 0) is 9.47 Å². The highest BCUT2D eigenvalue weighted by molar-refractivity contribution is 5.70. The first kappa shape index (κ1) is 18.3. The predicted octanol–water partition coefficient (Wildman–Crippen LogP) is 4.26. The molecule has 0 fully saturated rings. The third-order valence-electron chi connectivity index (χ3n) is 5.02. The first-order chi connectivity index (χ1) is 13.7. The van der Waals surface area contributed by atoms with E-state index in [0.29, 0.717) is 18.7 Å². The minimum absolute atomic E-state index is 0.160. The Bertz CT molecular complexity index is 946. The Balaban J connectivity index is 1.49. The molecule has 4 N–H and O–H groups in total. The van der Waals surface area contributed by atoms with Crippen LogP contribution in [0.1, 0.15) is 29.2 Å². The minimum atomic E-state index is -0.641. The molecule has 0 aromatic heterocycles. The molecule has 0 bridgehead atoms. The van der Waals surface area contributed by atoms with Crippen molar-refractivity contribution in [2.24, 2.45) is 5.73 Å². The second-order valence-corrected chi connectivity index (χ2v) is 6.89. The van der Waals surface area contributed by atoms with Crippen LogP contribution in [0, 0.1) is 0 Å². The van der Waals surface area contributed by atoms with E-state index in [1.54, 1.807) is 6.08 Å². The van der Waals surface area contributed by atoms with Gasteiger partial charge in [0.1, 0.15) is 24.6 Å². The first-order valence-corrected chi connectivity index (χ1v) is 9.31. The monoisotopic (exact) mass is 377 g/mol. The highest BCUT2D eigenvalue weighted by atomic mass is 16.5. The van der Waals surface area contributed by atoms with Crippen molar-refractivity contribution in [3.05, 3.63) is 94.6 Å². The number of ether oxygens (including phenoxy) is 2. The van der Waals surface area contributed by atoms with Crippen molar-refractivity contribution < 1.29 is 19.7 Å². The molecule has 5 nitrogen and oxygen atoms in total. The average Bonchev–Trinajstić information content (AvgIpc) is 2.74. The van der Waals surface area contributed by atoms with Gasteiger partial charge in [0.05, 0.1) is 0 Å². The average molecular weight is 377 g/mol. The molecule has 0 amide bonds. The van der Waals surface area contributed by atoms with E-state index >= 15 is 0 Å².